The van der Waals surface area contributed by atoms with Gasteiger partial charge in [0.15, 0.2) is 0 Å². The lowest BCUT2D eigenvalue weighted by molar-refractivity contribution is -0.0180. The van der Waals surface area contributed by atoms with E-state index in [-0.39, 0.29) is 5.54 Å². The van der Waals surface area contributed by atoms with Crippen LogP contribution < -0.4 is 5.73 Å². The summed E-state index contributed by atoms with van der Waals surface area (Å²) in [4.78, 5) is 2.62. The molecular weight excluding hydrogens is 248 g/mol. The number of hydrogen-bond acceptors (Lipinski definition) is 3. The van der Waals surface area contributed by atoms with Crippen molar-refractivity contribution in [3.05, 3.63) is 0 Å². The number of ether oxygens (including phenoxy) is 1. The first-order chi connectivity index (χ1) is 9.57. The lowest BCUT2D eigenvalue weighted by atomic mass is 9.65. The second-order valence-electron chi connectivity index (χ2n) is 7.42. The van der Waals surface area contributed by atoms with Crippen molar-refractivity contribution >= 4 is 0 Å². The molecule has 0 aromatic carbocycles. The molecule has 2 N–H and O–H groups in total. The molecule has 2 saturated carbocycles. The molecule has 0 radical (unpaired) electrons. The molecule has 0 bridgehead atoms. The van der Waals surface area contributed by atoms with E-state index in [0.29, 0.717) is 11.5 Å². The maximum atomic E-state index is 6.25. The van der Waals surface area contributed by atoms with Gasteiger partial charge in [0, 0.05) is 31.8 Å². The van der Waals surface area contributed by atoms with Gasteiger partial charge in [-0.15, -0.1) is 0 Å². The topological polar surface area (TPSA) is 38.5 Å². The molecule has 20 heavy (non-hydrogen) atoms. The summed E-state index contributed by atoms with van der Waals surface area (Å²) in [7, 11) is 1.79. The molecule has 0 atom stereocenters. The maximum absolute atomic E-state index is 6.25. The van der Waals surface area contributed by atoms with Gasteiger partial charge in [-0.2, -0.15) is 0 Å². The zero-order chi connectivity index (χ0) is 14.6. The Labute approximate surface area is 125 Å². The molecule has 2 aliphatic rings. The number of nitrogens with zero attached hydrogens (tertiary/aromatic N) is 1. The van der Waals surface area contributed by atoms with Crippen molar-refractivity contribution in [3.8, 4) is 0 Å². The Kier molecular flexibility index (Phi) is 5.49. The van der Waals surface area contributed by atoms with Gasteiger partial charge < -0.3 is 10.5 Å². The van der Waals surface area contributed by atoms with Gasteiger partial charge in [-0.3, -0.25) is 4.90 Å². The summed E-state index contributed by atoms with van der Waals surface area (Å²) in [5.41, 5.74) is 7.16. The van der Waals surface area contributed by atoms with Gasteiger partial charge in [0.05, 0.1) is 6.61 Å². The largest absolute Gasteiger partial charge is 0.383 e. The SMILES string of the molecule is COCCN(C(C)C)C1(CN)CCC2(CCCC2)CC1. The highest BCUT2D eigenvalue weighted by Gasteiger charge is 2.46. The maximum Gasteiger partial charge on any atom is 0.0590 e. The highest BCUT2D eigenvalue weighted by Crippen LogP contribution is 2.52. The van der Waals surface area contributed by atoms with Gasteiger partial charge in [-0.05, 0) is 57.8 Å². The highest BCUT2D eigenvalue weighted by molar-refractivity contribution is 5.02. The number of methoxy groups -OCH3 is 1. The Balaban J connectivity index is 2.05. The van der Waals surface area contributed by atoms with Crippen molar-refractivity contribution in [2.24, 2.45) is 11.1 Å². The van der Waals surface area contributed by atoms with Crippen LogP contribution in [0.4, 0.5) is 0 Å². The second-order valence-corrected chi connectivity index (χ2v) is 7.42. The number of nitrogens with two attached hydrogens (primary N) is 1. The predicted molar refractivity (Wildman–Crippen MR) is 84.9 cm³/mol. The van der Waals surface area contributed by atoms with Gasteiger partial charge in [-0.25, -0.2) is 0 Å². The molecule has 2 rings (SSSR count). The molecule has 0 unspecified atom stereocenters. The molecule has 0 heterocycles. The summed E-state index contributed by atoms with van der Waals surface area (Å²) in [6.45, 7) is 7.22. The van der Waals surface area contributed by atoms with Gasteiger partial charge >= 0.3 is 0 Å². The summed E-state index contributed by atoms with van der Waals surface area (Å²) in [5.74, 6) is 0. The fraction of sp³-hybridized carbons (Fsp3) is 1.00. The van der Waals surface area contributed by atoms with E-state index >= 15 is 0 Å². The molecule has 2 fully saturated rings. The number of hydrogen-bond donors (Lipinski definition) is 1. The van der Waals surface area contributed by atoms with Crippen molar-refractivity contribution < 1.29 is 4.74 Å². The molecule has 1 spiro atoms. The van der Waals surface area contributed by atoms with Crippen LogP contribution >= 0.6 is 0 Å². The molecule has 2 aliphatic carbocycles. The van der Waals surface area contributed by atoms with Crippen LogP contribution in [0.3, 0.4) is 0 Å². The molecule has 118 valence electrons. The monoisotopic (exact) mass is 282 g/mol. The average molecular weight is 282 g/mol. The van der Waals surface area contributed by atoms with E-state index < -0.39 is 0 Å². The predicted octanol–water partition coefficient (Wildman–Crippen LogP) is 3.18. The first kappa shape index (κ1) is 16.3. The Morgan fingerprint density at radius 3 is 2.10 bits per heavy atom. The minimum absolute atomic E-state index is 0.223. The van der Waals surface area contributed by atoms with E-state index in [9.17, 15) is 0 Å². The fourth-order valence-corrected chi connectivity index (χ4v) is 4.71. The van der Waals surface area contributed by atoms with Gasteiger partial charge in [-0.1, -0.05) is 12.8 Å². The second kappa shape index (κ2) is 6.76. The minimum Gasteiger partial charge on any atom is -0.383 e. The third-order valence-corrected chi connectivity index (χ3v) is 6.05. The third kappa shape index (κ3) is 3.20. The normalized spacial score (nSPS) is 24.9. The third-order valence-electron chi connectivity index (χ3n) is 6.05. The van der Waals surface area contributed by atoms with Crippen LogP contribution in [0.1, 0.15) is 65.2 Å². The van der Waals surface area contributed by atoms with Crippen molar-refractivity contribution in [3.63, 3.8) is 0 Å². The van der Waals surface area contributed by atoms with Gasteiger partial charge in [0.1, 0.15) is 0 Å². The van der Waals surface area contributed by atoms with E-state index in [1.54, 1.807) is 7.11 Å². The standard InChI is InChI=1S/C17H34N2O/c1-15(2)19(12-13-20-3)17(14-18)10-8-16(9-11-17)6-4-5-7-16/h15H,4-14,18H2,1-3H3. The van der Waals surface area contributed by atoms with Crippen LogP contribution in [-0.4, -0.2) is 43.3 Å². The molecule has 0 aromatic rings. The fourth-order valence-electron chi connectivity index (χ4n) is 4.71. The van der Waals surface area contributed by atoms with Crippen molar-refractivity contribution in [1.82, 2.24) is 4.90 Å². The molecule has 0 saturated heterocycles. The molecular formula is C17H34N2O. The van der Waals surface area contributed by atoms with Crippen molar-refractivity contribution in [2.75, 3.05) is 26.8 Å². The molecule has 0 aromatic heterocycles. The van der Waals surface area contributed by atoms with Crippen LogP contribution in [0, 0.1) is 5.41 Å². The lowest BCUT2D eigenvalue weighted by Crippen LogP contribution is -2.59. The zero-order valence-corrected chi connectivity index (χ0v) is 13.8. The summed E-state index contributed by atoms with van der Waals surface area (Å²) in [5, 5.41) is 0. The Hall–Kier alpha value is -0.120. The minimum atomic E-state index is 0.223. The van der Waals surface area contributed by atoms with Crippen LogP contribution in [0.5, 0.6) is 0 Å². The summed E-state index contributed by atoms with van der Waals surface area (Å²) in [6.07, 6.45) is 11.2. The Bertz CT molecular complexity index is 287. The van der Waals surface area contributed by atoms with E-state index in [0.717, 1.165) is 19.7 Å². The lowest BCUT2D eigenvalue weighted by Gasteiger charge is -2.52. The van der Waals surface area contributed by atoms with Crippen molar-refractivity contribution in [2.45, 2.75) is 76.8 Å². The van der Waals surface area contributed by atoms with E-state index in [1.165, 1.54) is 51.4 Å². The first-order valence-electron chi connectivity index (χ1n) is 8.53. The first-order valence-corrected chi connectivity index (χ1v) is 8.53. The van der Waals surface area contributed by atoms with Crippen molar-refractivity contribution in [1.29, 1.82) is 0 Å². The van der Waals surface area contributed by atoms with Crippen LogP contribution in [0.25, 0.3) is 0 Å². The molecule has 0 aliphatic heterocycles. The highest BCUT2D eigenvalue weighted by atomic mass is 16.5. The van der Waals surface area contributed by atoms with Crippen LogP contribution in [0.2, 0.25) is 0 Å². The van der Waals surface area contributed by atoms with E-state index in [1.807, 2.05) is 0 Å². The summed E-state index contributed by atoms with van der Waals surface area (Å²) in [6, 6.07) is 0.548. The molecule has 3 heteroatoms. The van der Waals surface area contributed by atoms with Crippen LogP contribution in [0.15, 0.2) is 0 Å². The summed E-state index contributed by atoms with van der Waals surface area (Å²) >= 11 is 0. The van der Waals surface area contributed by atoms with Gasteiger partial charge in [0.25, 0.3) is 0 Å². The molecule has 3 nitrogen and oxygen atoms in total. The average Bonchev–Trinajstić information content (AvgIpc) is 2.90. The molecule has 0 amide bonds. The number of rotatable bonds is 6. The van der Waals surface area contributed by atoms with E-state index in [2.05, 4.69) is 18.7 Å². The Morgan fingerprint density at radius 2 is 1.65 bits per heavy atom. The van der Waals surface area contributed by atoms with E-state index in [4.69, 9.17) is 10.5 Å². The summed E-state index contributed by atoms with van der Waals surface area (Å²) < 4.78 is 5.31. The van der Waals surface area contributed by atoms with Gasteiger partial charge in [0.2, 0.25) is 0 Å². The quantitative estimate of drug-likeness (QED) is 0.813. The Morgan fingerprint density at radius 1 is 1.05 bits per heavy atom. The zero-order valence-electron chi connectivity index (χ0n) is 13.8. The smallest absolute Gasteiger partial charge is 0.0590 e. The van der Waals surface area contributed by atoms with Crippen LogP contribution in [-0.2, 0) is 4.74 Å².